The quantitative estimate of drug-likeness (QED) is 0.354. The molecule has 0 saturated heterocycles. The van der Waals surface area contributed by atoms with Crippen LogP contribution in [0, 0.1) is 0 Å². The molecule has 0 aromatic heterocycles. The van der Waals surface area contributed by atoms with Crippen molar-refractivity contribution >= 4 is 23.6 Å². The molecule has 0 radical (unpaired) electrons. The summed E-state index contributed by atoms with van der Waals surface area (Å²) < 4.78 is 0. The first-order valence-electron chi connectivity index (χ1n) is 9.19. The van der Waals surface area contributed by atoms with Gasteiger partial charge in [-0.25, -0.2) is 0 Å². The maximum atomic E-state index is 11.7. The molecule has 8 nitrogen and oxygen atoms in total. The van der Waals surface area contributed by atoms with Gasteiger partial charge in [-0.2, -0.15) is 0 Å². The summed E-state index contributed by atoms with van der Waals surface area (Å²) in [7, 11) is 2.01. The highest BCUT2D eigenvalue weighted by atomic mass is 16.2. The molecular formula is C18H30N4O4. The molecule has 0 spiro atoms. The van der Waals surface area contributed by atoms with E-state index >= 15 is 0 Å². The van der Waals surface area contributed by atoms with Crippen LogP contribution in [0.15, 0.2) is 12.2 Å². The Balaban J connectivity index is 1.96. The summed E-state index contributed by atoms with van der Waals surface area (Å²) in [5.41, 5.74) is 0. The van der Waals surface area contributed by atoms with E-state index in [4.69, 9.17) is 0 Å². The third kappa shape index (κ3) is 8.75. The van der Waals surface area contributed by atoms with E-state index in [1.54, 1.807) is 0 Å². The maximum Gasteiger partial charge on any atom is 0.253 e. The molecule has 2 N–H and O–H groups in total. The average Bonchev–Trinajstić information content (AvgIpc) is 2.94. The van der Waals surface area contributed by atoms with Crippen molar-refractivity contribution in [2.75, 3.05) is 39.8 Å². The smallest absolute Gasteiger partial charge is 0.253 e. The highest BCUT2D eigenvalue weighted by Crippen LogP contribution is 2.04. The third-order valence-corrected chi connectivity index (χ3v) is 4.22. The molecule has 0 bridgehead atoms. The average molecular weight is 366 g/mol. The second kappa shape index (κ2) is 12.2. The molecule has 0 fully saturated rings. The van der Waals surface area contributed by atoms with Gasteiger partial charge in [0.25, 0.3) is 11.8 Å². The van der Waals surface area contributed by atoms with Gasteiger partial charge < -0.3 is 15.5 Å². The summed E-state index contributed by atoms with van der Waals surface area (Å²) in [4.78, 5) is 49.2. The zero-order chi connectivity index (χ0) is 19.4. The Kier molecular flexibility index (Phi) is 10.2. The fourth-order valence-electron chi connectivity index (χ4n) is 2.40. The minimum Gasteiger partial charge on any atom is -0.356 e. The lowest BCUT2D eigenvalue weighted by Crippen LogP contribution is -2.35. The highest BCUT2D eigenvalue weighted by Gasteiger charge is 2.23. The molecule has 0 unspecified atom stereocenters. The predicted molar refractivity (Wildman–Crippen MR) is 98.1 cm³/mol. The number of rotatable bonds is 13. The number of amides is 4. The van der Waals surface area contributed by atoms with Gasteiger partial charge in [-0.05, 0) is 26.4 Å². The molecule has 8 heteroatoms. The van der Waals surface area contributed by atoms with E-state index in [1.807, 2.05) is 7.05 Å². The van der Waals surface area contributed by atoms with Crippen LogP contribution in [0.3, 0.4) is 0 Å². The van der Waals surface area contributed by atoms with Crippen LogP contribution in [0.2, 0.25) is 0 Å². The van der Waals surface area contributed by atoms with Crippen molar-refractivity contribution in [2.24, 2.45) is 0 Å². The van der Waals surface area contributed by atoms with Gasteiger partial charge in [0, 0.05) is 51.2 Å². The number of hydrogen-bond donors (Lipinski definition) is 2. The van der Waals surface area contributed by atoms with Crippen LogP contribution >= 0.6 is 0 Å². The normalized spacial score (nSPS) is 13.6. The standard InChI is InChI=1S/C18H30N4O4/c1-3-21(2)14-12-20-15(23)7-5-4-6-11-19-16(24)10-13-22-17(25)8-9-18(22)26/h8-9H,3-7,10-14H2,1-2H3,(H,19,24)(H,20,23). The SMILES string of the molecule is CCN(C)CCNC(=O)CCCCCNC(=O)CCN1C(=O)C=CC1=O. The van der Waals surface area contributed by atoms with Crippen molar-refractivity contribution in [3.63, 3.8) is 0 Å². The number of unbranched alkanes of at least 4 members (excludes halogenated alkanes) is 2. The number of nitrogens with zero attached hydrogens (tertiary/aromatic N) is 2. The second-order valence-corrected chi connectivity index (χ2v) is 6.32. The van der Waals surface area contributed by atoms with Gasteiger partial charge in [0.15, 0.2) is 0 Å². The Bertz CT molecular complexity index is 515. The molecule has 1 rings (SSSR count). The Hall–Kier alpha value is -2.22. The van der Waals surface area contributed by atoms with Crippen LogP contribution in [-0.2, 0) is 19.2 Å². The molecule has 4 amide bonds. The van der Waals surface area contributed by atoms with E-state index in [9.17, 15) is 19.2 Å². The molecule has 0 aromatic carbocycles. The minimum atomic E-state index is -0.373. The molecule has 146 valence electrons. The van der Waals surface area contributed by atoms with Gasteiger partial charge in [0.2, 0.25) is 11.8 Å². The molecular weight excluding hydrogens is 336 g/mol. The third-order valence-electron chi connectivity index (χ3n) is 4.22. The minimum absolute atomic E-state index is 0.0621. The van der Waals surface area contributed by atoms with Crippen LogP contribution in [0.5, 0.6) is 0 Å². The first kappa shape index (κ1) is 21.8. The molecule has 26 heavy (non-hydrogen) atoms. The summed E-state index contributed by atoms with van der Waals surface area (Å²) in [6.07, 6.45) is 5.45. The van der Waals surface area contributed by atoms with Crippen LogP contribution in [0.4, 0.5) is 0 Å². The van der Waals surface area contributed by atoms with Crippen LogP contribution in [0.1, 0.15) is 39.0 Å². The second-order valence-electron chi connectivity index (χ2n) is 6.32. The zero-order valence-corrected chi connectivity index (χ0v) is 15.8. The Labute approximate surface area is 155 Å². The number of carbonyl (C=O) groups excluding carboxylic acids is 4. The number of nitrogens with one attached hydrogen (secondary N) is 2. The van der Waals surface area contributed by atoms with Crippen molar-refractivity contribution in [1.29, 1.82) is 0 Å². The Morgan fingerprint density at radius 2 is 1.58 bits per heavy atom. The molecule has 0 saturated carbocycles. The van der Waals surface area contributed by atoms with Gasteiger partial charge in [-0.1, -0.05) is 13.3 Å². The number of likely N-dealkylation sites (N-methyl/N-ethyl adjacent to an activating group) is 1. The first-order valence-corrected chi connectivity index (χ1v) is 9.19. The molecule has 1 heterocycles. The monoisotopic (exact) mass is 366 g/mol. The van der Waals surface area contributed by atoms with Gasteiger partial charge in [0.05, 0.1) is 0 Å². The Morgan fingerprint density at radius 1 is 0.962 bits per heavy atom. The van der Waals surface area contributed by atoms with Gasteiger partial charge in [0.1, 0.15) is 0 Å². The van der Waals surface area contributed by atoms with Gasteiger partial charge >= 0.3 is 0 Å². The van der Waals surface area contributed by atoms with Crippen molar-refractivity contribution < 1.29 is 19.2 Å². The largest absolute Gasteiger partial charge is 0.356 e. The van der Waals surface area contributed by atoms with E-state index in [2.05, 4.69) is 22.5 Å². The number of carbonyl (C=O) groups is 4. The maximum absolute atomic E-state index is 11.7. The number of hydrogen-bond acceptors (Lipinski definition) is 5. The molecule has 1 aliphatic rings. The van der Waals surface area contributed by atoms with Crippen LogP contribution < -0.4 is 10.6 Å². The summed E-state index contributed by atoms with van der Waals surface area (Å²) in [5.74, 6) is -0.868. The van der Waals surface area contributed by atoms with Crippen LogP contribution in [0.25, 0.3) is 0 Å². The fraction of sp³-hybridized carbons (Fsp3) is 0.667. The summed E-state index contributed by atoms with van der Waals surface area (Å²) in [6.45, 7) is 5.17. The van der Waals surface area contributed by atoms with Crippen molar-refractivity contribution in [3.05, 3.63) is 12.2 Å². The van der Waals surface area contributed by atoms with Gasteiger partial charge in [-0.3, -0.25) is 24.1 Å². The highest BCUT2D eigenvalue weighted by molar-refractivity contribution is 6.13. The van der Waals surface area contributed by atoms with E-state index in [0.29, 0.717) is 19.5 Å². The fourth-order valence-corrected chi connectivity index (χ4v) is 2.40. The Morgan fingerprint density at radius 3 is 2.23 bits per heavy atom. The predicted octanol–water partition coefficient (Wildman–Crippen LogP) is 0.0460. The van der Waals surface area contributed by atoms with Crippen molar-refractivity contribution in [1.82, 2.24) is 20.4 Å². The topological polar surface area (TPSA) is 98.8 Å². The van der Waals surface area contributed by atoms with E-state index in [0.717, 1.165) is 37.3 Å². The summed E-state index contributed by atoms with van der Waals surface area (Å²) in [5, 5.41) is 5.66. The summed E-state index contributed by atoms with van der Waals surface area (Å²) in [6, 6.07) is 0. The molecule has 0 atom stereocenters. The number of imide groups is 1. The lowest BCUT2D eigenvalue weighted by molar-refractivity contribution is -0.137. The molecule has 0 aromatic rings. The molecule has 1 aliphatic heterocycles. The van der Waals surface area contributed by atoms with E-state index in [-0.39, 0.29) is 36.6 Å². The van der Waals surface area contributed by atoms with Crippen LogP contribution in [-0.4, -0.2) is 73.2 Å². The van der Waals surface area contributed by atoms with Crippen molar-refractivity contribution in [3.8, 4) is 0 Å². The summed E-state index contributed by atoms with van der Waals surface area (Å²) >= 11 is 0. The van der Waals surface area contributed by atoms with Crippen molar-refractivity contribution in [2.45, 2.75) is 39.0 Å². The first-order chi connectivity index (χ1) is 12.4. The molecule has 0 aliphatic carbocycles. The van der Waals surface area contributed by atoms with Gasteiger partial charge in [-0.15, -0.1) is 0 Å². The lowest BCUT2D eigenvalue weighted by atomic mass is 10.2. The zero-order valence-electron chi connectivity index (χ0n) is 15.8. The van der Waals surface area contributed by atoms with E-state index in [1.165, 1.54) is 12.2 Å². The lowest BCUT2D eigenvalue weighted by Gasteiger charge is -2.14. The van der Waals surface area contributed by atoms with E-state index < -0.39 is 0 Å².